The first-order valence-electron chi connectivity index (χ1n) is 9.70. The predicted molar refractivity (Wildman–Crippen MR) is 117 cm³/mol. The number of hydrogen-bond donors (Lipinski definition) is 1. The van der Waals surface area contributed by atoms with Crippen molar-refractivity contribution >= 4 is 35.0 Å². The Morgan fingerprint density at radius 3 is 2.38 bits per heavy atom. The van der Waals surface area contributed by atoms with Crippen molar-refractivity contribution in [1.29, 1.82) is 0 Å². The summed E-state index contributed by atoms with van der Waals surface area (Å²) in [5.74, 6) is 0.110. The average molecular weight is 403 g/mol. The second-order valence-electron chi connectivity index (χ2n) is 6.95. The van der Waals surface area contributed by atoms with E-state index in [1.165, 1.54) is 0 Å². The van der Waals surface area contributed by atoms with Gasteiger partial charge >= 0.3 is 0 Å². The molecule has 1 saturated heterocycles. The third-order valence-electron chi connectivity index (χ3n) is 4.82. The number of anilines is 2. The molecular formula is C24H22N2O2S. The van der Waals surface area contributed by atoms with Crippen LogP contribution in [0.3, 0.4) is 0 Å². The molecule has 0 aromatic heterocycles. The highest BCUT2D eigenvalue weighted by molar-refractivity contribution is 7.99. The first-order chi connectivity index (χ1) is 14.2. The molecule has 4 rings (SSSR count). The standard InChI is InChI=1S/C24H22N2O2S/c27-23(17-18-12-14-19(15-13-18)26-16-6-11-24(26)28)25-21-9-4-5-10-22(21)29-20-7-2-1-3-8-20/h1-5,7-10,12-15H,6,11,16-17H2,(H,25,27). The first kappa shape index (κ1) is 19.3. The van der Waals surface area contributed by atoms with Crippen molar-refractivity contribution in [2.45, 2.75) is 29.1 Å². The van der Waals surface area contributed by atoms with Crippen LogP contribution in [0, 0.1) is 0 Å². The van der Waals surface area contributed by atoms with Crippen LogP contribution in [0.25, 0.3) is 0 Å². The number of hydrogen-bond acceptors (Lipinski definition) is 3. The largest absolute Gasteiger partial charge is 0.325 e. The number of carbonyl (C=O) groups excluding carboxylic acids is 2. The summed E-state index contributed by atoms with van der Waals surface area (Å²) in [4.78, 5) is 28.4. The van der Waals surface area contributed by atoms with Crippen molar-refractivity contribution in [3.8, 4) is 0 Å². The lowest BCUT2D eigenvalue weighted by molar-refractivity contribution is -0.117. The molecule has 1 N–H and O–H groups in total. The van der Waals surface area contributed by atoms with Crippen molar-refractivity contribution < 1.29 is 9.59 Å². The van der Waals surface area contributed by atoms with Crippen molar-refractivity contribution in [3.63, 3.8) is 0 Å². The smallest absolute Gasteiger partial charge is 0.228 e. The van der Waals surface area contributed by atoms with Gasteiger partial charge in [-0.1, -0.05) is 54.2 Å². The summed E-state index contributed by atoms with van der Waals surface area (Å²) < 4.78 is 0. The Kier molecular flexibility index (Phi) is 5.96. The molecule has 3 aromatic rings. The highest BCUT2D eigenvalue weighted by Crippen LogP contribution is 2.33. The summed E-state index contributed by atoms with van der Waals surface area (Å²) >= 11 is 1.63. The Bertz CT molecular complexity index is 1000. The molecule has 0 bridgehead atoms. The molecule has 3 aromatic carbocycles. The molecule has 146 valence electrons. The van der Waals surface area contributed by atoms with E-state index in [2.05, 4.69) is 17.4 Å². The van der Waals surface area contributed by atoms with E-state index in [-0.39, 0.29) is 11.8 Å². The molecule has 0 radical (unpaired) electrons. The number of carbonyl (C=O) groups is 2. The molecule has 0 unspecified atom stereocenters. The number of nitrogens with one attached hydrogen (secondary N) is 1. The van der Waals surface area contributed by atoms with E-state index in [1.54, 1.807) is 16.7 Å². The van der Waals surface area contributed by atoms with Crippen LogP contribution in [-0.2, 0) is 16.0 Å². The summed E-state index contributed by atoms with van der Waals surface area (Å²) in [6.45, 7) is 0.772. The number of benzene rings is 3. The molecular weight excluding hydrogens is 380 g/mol. The fourth-order valence-electron chi connectivity index (χ4n) is 3.37. The minimum atomic E-state index is -0.0592. The Hall–Kier alpha value is -3.05. The first-order valence-corrected chi connectivity index (χ1v) is 10.5. The monoisotopic (exact) mass is 402 g/mol. The van der Waals surface area contributed by atoms with Crippen molar-refractivity contribution in [3.05, 3.63) is 84.4 Å². The Morgan fingerprint density at radius 1 is 0.931 bits per heavy atom. The third kappa shape index (κ3) is 4.87. The van der Waals surface area contributed by atoms with Crippen LogP contribution in [-0.4, -0.2) is 18.4 Å². The van der Waals surface area contributed by atoms with E-state index < -0.39 is 0 Å². The van der Waals surface area contributed by atoms with Gasteiger partial charge < -0.3 is 10.2 Å². The van der Waals surface area contributed by atoms with Crippen LogP contribution >= 0.6 is 11.8 Å². The van der Waals surface area contributed by atoms with Crippen LogP contribution in [0.1, 0.15) is 18.4 Å². The normalized spacial score (nSPS) is 13.5. The van der Waals surface area contributed by atoms with E-state index in [0.29, 0.717) is 12.8 Å². The SMILES string of the molecule is O=C(Cc1ccc(N2CCCC2=O)cc1)Nc1ccccc1Sc1ccccc1. The second-order valence-corrected chi connectivity index (χ2v) is 8.07. The van der Waals surface area contributed by atoms with Crippen LogP contribution < -0.4 is 10.2 Å². The maximum absolute atomic E-state index is 12.6. The average Bonchev–Trinajstić information content (AvgIpc) is 3.17. The quantitative estimate of drug-likeness (QED) is 0.621. The molecule has 5 heteroatoms. The van der Waals surface area contributed by atoms with Gasteiger partial charge in [0.05, 0.1) is 12.1 Å². The molecule has 2 amide bonds. The molecule has 1 heterocycles. The van der Waals surface area contributed by atoms with Crippen molar-refractivity contribution in [2.75, 3.05) is 16.8 Å². The third-order valence-corrected chi connectivity index (χ3v) is 5.90. The Morgan fingerprint density at radius 2 is 1.66 bits per heavy atom. The van der Waals surface area contributed by atoms with Crippen LogP contribution in [0.15, 0.2) is 88.7 Å². The topological polar surface area (TPSA) is 49.4 Å². The van der Waals surface area contributed by atoms with Gasteiger partial charge in [-0.3, -0.25) is 9.59 Å². The number of rotatable bonds is 6. The second kappa shape index (κ2) is 8.97. The van der Waals surface area contributed by atoms with Gasteiger partial charge in [0.15, 0.2) is 0 Å². The predicted octanol–water partition coefficient (Wildman–Crippen LogP) is 5.15. The van der Waals surface area contributed by atoms with Crippen molar-refractivity contribution in [1.82, 2.24) is 0 Å². The zero-order chi connectivity index (χ0) is 20.1. The lowest BCUT2D eigenvalue weighted by atomic mass is 10.1. The van der Waals surface area contributed by atoms with Crippen LogP contribution in [0.2, 0.25) is 0 Å². The van der Waals surface area contributed by atoms with Gasteiger partial charge in [-0.05, 0) is 48.4 Å². The van der Waals surface area contributed by atoms with Crippen molar-refractivity contribution in [2.24, 2.45) is 0 Å². The number of para-hydroxylation sites is 1. The molecule has 0 aliphatic carbocycles. The van der Waals surface area contributed by atoms with Crippen LogP contribution in [0.5, 0.6) is 0 Å². The summed E-state index contributed by atoms with van der Waals surface area (Å²) in [5, 5.41) is 3.03. The summed E-state index contributed by atoms with van der Waals surface area (Å²) in [6.07, 6.45) is 1.81. The number of nitrogens with zero attached hydrogens (tertiary/aromatic N) is 1. The molecule has 1 aliphatic rings. The summed E-state index contributed by atoms with van der Waals surface area (Å²) in [5.41, 5.74) is 2.64. The zero-order valence-electron chi connectivity index (χ0n) is 16.0. The van der Waals surface area contributed by atoms with Gasteiger partial charge in [0.1, 0.15) is 0 Å². The van der Waals surface area contributed by atoms with Gasteiger partial charge in [-0.25, -0.2) is 0 Å². The molecule has 0 atom stereocenters. The maximum Gasteiger partial charge on any atom is 0.228 e. The molecule has 0 saturated carbocycles. The Labute approximate surface area is 174 Å². The number of amides is 2. The van der Waals surface area contributed by atoms with Gasteiger partial charge in [-0.2, -0.15) is 0 Å². The molecule has 1 fully saturated rings. The fraction of sp³-hybridized carbons (Fsp3) is 0.167. The molecule has 0 spiro atoms. The zero-order valence-corrected chi connectivity index (χ0v) is 16.8. The molecule has 4 nitrogen and oxygen atoms in total. The van der Waals surface area contributed by atoms with E-state index in [9.17, 15) is 9.59 Å². The lowest BCUT2D eigenvalue weighted by Gasteiger charge is -2.16. The highest BCUT2D eigenvalue weighted by Gasteiger charge is 2.21. The van der Waals surface area contributed by atoms with Gasteiger partial charge in [0, 0.05) is 28.4 Å². The minimum absolute atomic E-state index is 0.0592. The van der Waals surface area contributed by atoms with E-state index in [1.807, 2.05) is 66.7 Å². The van der Waals surface area contributed by atoms with Crippen LogP contribution in [0.4, 0.5) is 11.4 Å². The highest BCUT2D eigenvalue weighted by atomic mass is 32.2. The summed E-state index contributed by atoms with van der Waals surface area (Å²) in [6, 6.07) is 25.6. The molecule has 29 heavy (non-hydrogen) atoms. The van der Waals surface area contributed by atoms with Gasteiger partial charge in [-0.15, -0.1) is 0 Å². The van der Waals surface area contributed by atoms with E-state index >= 15 is 0 Å². The lowest BCUT2D eigenvalue weighted by Crippen LogP contribution is -2.23. The molecule has 1 aliphatic heterocycles. The van der Waals surface area contributed by atoms with E-state index in [0.717, 1.165) is 39.7 Å². The maximum atomic E-state index is 12.6. The summed E-state index contributed by atoms with van der Waals surface area (Å²) in [7, 11) is 0. The van der Waals surface area contributed by atoms with Gasteiger partial charge in [0.2, 0.25) is 11.8 Å². The Balaban J connectivity index is 1.40. The van der Waals surface area contributed by atoms with E-state index in [4.69, 9.17) is 0 Å². The van der Waals surface area contributed by atoms with Gasteiger partial charge in [0.25, 0.3) is 0 Å². The fourth-order valence-corrected chi connectivity index (χ4v) is 4.29. The minimum Gasteiger partial charge on any atom is -0.325 e.